The standard InChI is InChI=1S/C11H18ClN5O2S/c1-11(2,3)16-20(18,19)8-6-13-10(15-9(8)12)14-7-17(4)5/h6-7,16H,1-5H3. The molecule has 1 aromatic heterocycles. The molecule has 0 aliphatic heterocycles. The van der Waals surface area contributed by atoms with Crippen LogP contribution in [0.25, 0.3) is 0 Å². The van der Waals surface area contributed by atoms with Gasteiger partial charge in [-0.05, 0) is 20.8 Å². The van der Waals surface area contributed by atoms with Crippen LogP contribution < -0.4 is 4.72 Å². The van der Waals surface area contributed by atoms with Crippen molar-refractivity contribution < 1.29 is 8.42 Å². The molecule has 0 saturated carbocycles. The second-order valence-corrected chi connectivity index (χ2v) is 7.40. The van der Waals surface area contributed by atoms with Gasteiger partial charge < -0.3 is 4.90 Å². The maximum Gasteiger partial charge on any atom is 0.252 e. The fourth-order valence-electron chi connectivity index (χ4n) is 1.21. The van der Waals surface area contributed by atoms with E-state index in [1.165, 1.54) is 6.34 Å². The quantitative estimate of drug-likeness (QED) is 0.515. The Kier molecular flexibility index (Phi) is 5.06. The lowest BCUT2D eigenvalue weighted by Gasteiger charge is -2.20. The van der Waals surface area contributed by atoms with Crippen molar-refractivity contribution in [1.82, 2.24) is 19.6 Å². The predicted molar refractivity (Wildman–Crippen MR) is 79.0 cm³/mol. The molecule has 0 atom stereocenters. The average Bonchev–Trinajstić information content (AvgIpc) is 2.22. The summed E-state index contributed by atoms with van der Waals surface area (Å²) in [5.74, 6) is 0.0957. The lowest BCUT2D eigenvalue weighted by molar-refractivity contribution is 0.491. The predicted octanol–water partition coefficient (Wildman–Crippen LogP) is 1.43. The Labute approximate surface area is 124 Å². The molecule has 1 aromatic rings. The molecule has 112 valence electrons. The van der Waals surface area contributed by atoms with Gasteiger partial charge in [0, 0.05) is 19.6 Å². The Balaban J connectivity index is 3.11. The molecule has 0 saturated heterocycles. The van der Waals surface area contributed by atoms with Crippen molar-refractivity contribution in [2.75, 3.05) is 14.1 Å². The maximum absolute atomic E-state index is 12.1. The van der Waals surface area contributed by atoms with E-state index in [4.69, 9.17) is 11.6 Å². The van der Waals surface area contributed by atoms with Crippen LogP contribution in [0.2, 0.25) is 5.15 Å². The zero-order valence-electron chi connectivity index (χ0n) is 12.0. The molecule has 0 radical (unpaired) electrons. The zero-order valence-corrected chi connectivity index (χ0v) is 13.6. The molecule has 0 amide bonds. The van der Waals surface area contributed by atoms with E-state index in [0.29, 0.717) is 0 Å². The normalized spacial score (nSPS) is 12.9. The Morgan fingerprint density at radius 1 is 1.40 bits per heavy atom. The highest BCUT2D eigenvalue weighted by Gasteiger charge is 2.25. The minimum Gasteiger partial charge on any atom is -0.369 e. The van der Waals surface area contributed by atoms with Crippen LogP contribution in [0.15, 0.2) is 16.1 Å². The van der Waals surface area contributed by atoms with Gasteiger partial charge in [0.1, 0.15) is 4.90 Å². The number of nitrogens with one attached hydrogen (secondary N) is 1. The Hall–Kier alpha value is -1.25. The van der Waals surface area contributed by atoms with Gasteiger partial charge in [-0.15, -0.1) is 0 Å². The molecular weight excluding hydrogens is 302 g/mol. The number of sulfonamides is 1. The third-order valence-corrected chi connectivity index (χ3v) is 3.99. The number of nitrogens with zero attached hydrogens (tertiary/aromatic N) is 4. The van der Waals surface area contributed by atoms with Gasteiger partial charge in [-0.25, -0.2) is 23.1 Å². The van der Waals surface area contributed by atoms with Gasteiger partial charge in [0.25, 0.3) is 5.95 Å². The number of rotatable bonds is 4. The van der Waals surface area contributed by atoms with Gasteiger partial charge >= 0.3 is 0 Å². The van der Waals surface area contributed by atoms with Crippen LogP contribution in [0.3, 0.4) is 0 Å². The molecule has 0 aliphatic carbocycles. The topological polar surface area (TPSA) is 87.5 Å². The van der Waals surface area contributed by atoms with Gasteiger partial charge in [0.15, 0.2) is 5.15 Å². The minimum atomic E-state index is -3.77. The van der Waals surface area contributed by atoms with E-state index in [-0.39, 0.29) is 16.0 Å². The van der Waals surface area contributed by atoms with E-state index in [1.54, 1.807) is 39.8 Å². The highest BCUT2D eigenvalue weighted by molar-refractivity contribution is 7.89. The molecule has 0 unspecified atom stereocenters. The van der Waals surface area contributed by atoms with Crippen molar-refractivity contribution in [2.24, 2.45) is 4.99 Å². The first-order valence-electron chi connectivity index (χ1n) is 5.78. The minimum absolute atomic E-state index is 0.0957. The first kappa shape index (κ1) is 16.8. The van der Waals surface area contributed by atoms with E-state index in [1.807, 2.05) is 0 Å². The summed E-state index contributed by atoms with van der Waals surface area (Å²) in [6.45, 7) is 5.19. The first-order chi connectivity index (χ1) is 9.01. The second kappa shape index (κ2) is 6.02. The molecule has 9 heteroatoms. The summed E-state index contributed by atoms with van der Waals surface area (Å²) >= 11 is 5.90. The largest absolute Gasteiger partial charge is 0.369 e. The van der Waals surface area contributed by atoms with Crippen molar-refractivity contribution in [3.05, 3.63) is 11.3 Å². The number of aliphatic imine (C=N–C) groups is 1. The Bertz CT molecular complexity index is 608. The number of halogens is 1. The smallest absolute Gasteiger partial charge is 0.252 e. The zero-order chi connectivity index (χ0) is 15.6. The molecule has 0 aromatic carbocycles. The highest BCUT2D eigenvalue weighted by atomic mass is 35.5. The molecule has 0 spiro atoms. The summed E-state index contributed by atoms with van der Waals surface area (Å²) in [5, 5.41) is -0.164. The van der Waals surface area contributed by atoms with Crippen molar-refractivity contribution >= 4 is 33.9 Å². The van der Waals surface area contributed by atoms with E-state index in [2.05, 4.69) is 19.7 Å². The molecule has 0 aliphatic rings. The third-order valence-electron chi connectivity index (χ3n) is 1.83. The van der Waals surface area contributed by atoms with Crippen molar-refractivity contribution in [3.8, 4) is 0 Å². The van der Waals surface area contributed by atoms with Crippen LogP contribution >= 0.6 is 11.6 Å². The molecule has 20 heavy (non-hydrogen) atoms. The summed E-state index contributed by atoms with van der Waals surface area (Å²) in [6.07, 6.45) is 2.64. The van der Waals surface area contributed by atoms with Crippen molar-refractivity contribution in [3.63, 3.8) is 0 Å². The highest BCUT2D eigenvalue weighted by Crippen LogP contribution is 2.21. The van der Waals surface area contributed by atoms with E-state index in [9.17, 15) is 8.42 Å². The van der Waals surface area contributed by atoms with Crippen LogP contribution in [0.1, 0.15) is 20.8 Å². The average molecular weight is 320 g/mol. The summed E-state index contributed by atoms with van der Waals surface area (Å²) in [6, 6.07) is 0. The van der Waals surface area contributed by atoms with Crippen molar-refractivity contribution in [2.45, 2.75) is 31.2 Å². The Morgan fingerprint density at radius 2 is 2.00 bits per heavy atom. The maximum atomic E-state index is 12.1. The summed E-state index contributed by atoms with van der Waals surface area (Å²) in [7, 11) is -0.188. The SMILES string of the molecule is CN(C)C=Nc1ncc(S(=O)(=O)NC(C)(C)C)c(Cl)n1. The lowest BCUT2D eigenvalue weighted by Crippen LogP contribution is -2.40. The molecule has 7 nitrogen and oxygen atoms in total. The van der Waals surface area contributed by atoms with Crippen LogP contribution in [-0.2, 0) is 10.0 Å². The first-order valence-corrected chi connectivity index (χ1v) is 7.64. The monoisotopic (exact) mass is 319 g/mol. The van der Waals surface area contributed by atoms with Gasteiger partial charge in [0.2, 0.25) is 10.0 Å². The number of hydrogen-bond acceptors (Lipinski definition) is 5. The van der Waals surface area contributed by atoms with Crippen LogP contribution in [0, 0.1) is 0 Å². The van der Waals surface area contributed by atoms with Gasteiger partial charge in [-0.2, -0.15) is 4.98 Å². The number of aromatic nitrogens is 2. The van der Waals surface area contributed by atoms with Crippen LogP contribution in [-0.4, -0.2) is 49.3 Å². The van der Waals surface area contributed by atoms with Crippen molar-refractivity contribution in [1.29, 1.82) is 0 Å². The van der Waals surface area contributed by atoms with Crippen LogP contribution in [0.5, 0.6) is 0 Å². The van der Waals surface area contributed by atoms with Gasteiger partial charge in [-0.3, -0.25) is 0 Å². The van der Waals surface area contributed by atoms with E-state index >= 15 is 0 Å². The molecule has 1 heterocycles. The fourth-order valence-corrected chi connectivity index (χ4v) is 3.01. The molecule has 0 fully saturated rings. The third kappa shape index (κ3) is 5.03. The molecular formula is C11H18ClN5O2S. The van der Waals surface area contributed by atoms with E-state index in [0.717, 1.165) is 6.20 Å². The lowest BCUT2D eigenvalue weighted by atomic mass is 10.1. The molecule has 1 N–H and O–H groups in total. The molecule has 0 bridgehead atoms. The van der Waals surface area contributed by atoms with Gasteiger partial charge in [-0.1, -0.05) is 11.6 Å². The number of hydrogen-bond donors (Lipinski definition) is 1. The van der Waals surface area contributed by atoms with Gasteiger partial charge in [0.05, 0.1) is 12.5 Å². The summed E-state index contributed by atoms with van der Waals surface area (Å²) in [5.41, 5.74) is -0.621. The van der Waals surface area contributed by atoms with Crippen LogP contribution in [0.4, 0.5) is 5.95 Å². The Morgan fingerprint density at radius 3 is 2.45 bits per heavy atom. The summed E-state index contributed by atoms with van der Waals surface area (Å²) in [4.78, 5) is 13.2. The summed E-state index contributed by atoms with van der Waals surface area (Å²) < 4.78 is 26.7. The second-order valence-electron chi connectivity index (χ2n) is 5.39. The fraction of sp³-hybridized carbons (Fsp3) is 0.545. The van der Waals surface area contributed by atoms with E-state index < -0.39 is 15.6 Å². The molecule has 1 rings (SSSR count).